The Balaban J connectivity index is 2.01. The lowest BCUT2D eigenvalue weighted by Crippen LogP contribution is -2.37. The van der Waals surface area contributed by atoms with Crippen LogP contribution in [0.3, 0.4) is 0 Å². The number of H-pyrrole nitrogens is 1. The number of ether oxygens (including phenoxy) is 1. The number of rotatable bonds is 2. The molecule has 130 valence electrons. The maximum absolute atomic E-state index is 12.4. The largest absolute Gasteiger partial charge is 0.456 e. The summed E-state index contributed by atoms with van der Waals surface area (Å²) in [6.07, 6.45) is 1.87. The van der Waals surface area contributed by atoms with Crippen LogP contribution >= 0.6 is 0 Å². The Kier molecular flexibility index (Phi) is 4.18. The number of fused-ring (bicyclic) bond motifs is 3. The Bertz CT molecular complexity index is 771. The molecule has 0 saturated heterocycles. The van der Waals surface area contributed by atoms with Gasteiger partial charge in [-0.1, -0.05) is 0 Å². The predicted octanol–water partition coefficient (Wildman–Crippen LogP) is 3.00. The lowest BCUT2D eigenvalue weighted by atomic mass is 9.87. The second kappa shape index (κ2) is 5.90. The smallest absolute Gasteiger partial charge is 0.338 e. The summed E-state index contributed by atoms with van der Waals surface area (Å²) in [4.78, 5) is 18.0. The summed E-state index contributed by atoms with van der Waals surface area (Å²) in [5, 5.41) is 1.08. The van der Waals surface area contributed by atoms with Crippen LogP contribution in [0.5, 0.6) is 0 Å². The molecule has 1 aromatic carbocycles. The minimum absolute atomic E-state index is 0.00136. The number of esters is 1. The van der Waals surface area contributed by atoms with Crippen LogP contribution in [0.2, 0.25) is 0 Å². The number of nitrogens with zero attached hydrogens (tertiary/aromatic N) is 1. The zero-order valence-corrected chi connectivity index (χ0v) is 15.1. The van der Waals surface area contributed by atoms with Crippen molar-refractivity contribution in [3.63, 3.8) is 0 Å². The van der Waals surface area contributed by atoms with Crippen LogP contribution < -0.4 is 5.73 Å². The molecule has 1 heterocycles. The van der Waals surface area contributed by atoms with Gasteiger partial charge >= 0.3 is 5.97 Å². The summed E-state index contributed by atoms with van der Waals surface area (Å²) in [6, 6.07) is 6.11. The molecule has 2 atom stereocenters. The van der Waals surface area contributed by atoms with Crippen LogP contribution in [-0.4, -0.2) is 41.6 Å². The molecule has 1 aliphatic rings. The van der Waals surface area contributed by atoms with E-state index in [1.807, 2.05) is 39.0 Å². The fraction of sp³-hybridized carbons (Fsp3) is 0.526. The van der Waals surface area contributed by atoms with Crippen molar-refractivity contribution in [2.75, 3.05) is 14.1 Å². The average molecular weight is 329 g/mol. The number of hydrogen-bond acceptors (Lipinski definition) is 4. The van der Waals surface area contributed by atoms with Gasteiger partial charge in [0.25, 0.3) is 0 Å². The third kappa shape index (κ3) is 3.19. The van der Waals surface area contributed by atoms with Gasteiger partial charge in [-0.25, -0.2) is 4.79 Å². The molecule has 0 saturated carbocycles. The summed E-state index contributed by atoms with van der Waals surface area (Å²) < 4.78 is 5.49. The molecule has 0 amide bonds. The van der Waals surface area contributed by atoms with Crippen LogP contribution in [-0.2, 0) is 11.2 Å². The van der Waals surface area contributed by atoms with Gasteiger partial charge in [0.1, 0.15) is 5.60 Å². The molecule has 24 heavy (non-hydrogen) atoms. The van der Waals surface area contributed by atoms with E-state index < -0.39 is 5.60 Å². The minimum atomic E-state index is -0.498. The number of carbonyl (C=O) groups excluding carboxylic acids is 1. The molecule has 2 unspecified atom stereocenters. The lowest BCUT2D eigenvalue weighted by molar-refractivity contribution is 0.00697. The van der Waals surface area contributed by atoms with Gasteiger partial charge in [-0.15, -0.1) is 0 Å². The molecule has 3 N–H and O–H groups in total. The normalized spacial score (nSPS) is 21.1. The van der Waals surface area contributed by atoms with Gasteiger partial charge < -0.3 is 20.4 Å². The van der Waals surface area contributed by atoms with Crippen molar-refractivity contribution >= 4 is 16.9 Å². The van der Waals surface area contributed by atoms with Gasteiger partial charge in [0.2, 0.25) is 0 Å². The maximum atomic E-state index is 12.4. The highest BCUT2D eigenvalue weighted by molar-refractivity contribution is 5.96. The number of benzene rings is 1. The van der Waals surface area contributed by atoms with Crippen LogP contribution in [0, 0.1) is 0 Å². The quantitative estimate of drug-likeness (QED) is 0.831. The first-order valence-electron chi connectivity index (χ1n) is 8.45. The zero-order valence-electron chi connectivity index (χ0n) is 15.1. The van der Waals surface area contributed by atoms with Crippen molar-refractivity contribution in [1.29, 1.82) is 0 Å². The number of likely N-dealkylation sites (N-methyl/N-ethyl adjacent to an activating group) is 1. The molecule has 5 heteroatoms. The van der Waals surface area contributed by atoms with E-state index in [2.05, 4.69) is 24.0 Å². The molecule has 2 aromatic rings. The molecule has 0 spiro atoms. The Hall–Kier alpha value is -1.85. The van der Waals surface area contributed by atoms with E-state index in [1.54, 1.807) is 0 Å². The summed E-state index contributed by atoms with van der Waals surface area (Å²) >= 11 is 0. The van der Waals surface area contributed by atoms with E-state index >= 15 is 0 Å². The van der Waals surface area contributed by atoms with E-state index in [0.29, 0.717) is 11.6 Å². The first-order chi connectivity index (χ1) is 11.2. The first-order valence-corrected chi connectivity index (χ1v) is 8.45. The van der Waals surface area contributed by atoms with Gasteiger partial charge in [0, 0.05) is 28.7 Å². The van der Waals surface area contributed by atoms with Crippen LogP contribution in [0.4, 0.5) is 0 Å². The number of nitrogens with one attached hydrogen (secondary N) is 1. The predicted molar refractivity (Wildman–Crippen MR) is 96.2 cm³/mol. The van der Waals surface area contributed by atoms with Gasteiger partial charge in [0.15, 0.2) is 0 Å². The van der Waals surface area contributed by atoms with Crippen molar-refractivity contribution in [2.24, 2.45) is 5.73 Å². The highest BCUT2D eigenvalue weighted by Crippen LogP contribution is 2.35. The van der Waals surface area contributed by atoms with Crippen molar-refractivity contribution < 1.29 is 9.53 Å². The van der Waals surface area contributed by atoms with E-state index in [1.165, 1.54) is 5.56 Å². The molecule has 0 bridgehead atoms. The van der Waals surface area contributed by atoms with Gasteiger partial charge in [-0.05, 0) is 71.5 Å². The fourth-order valence-electron chi connectivity index (χ4n) is 3.39. The molecule has 0 fully saturated rings. The minimum Gasteiger partial charge on any atom is -0.456 e. The average Bonchev–Trinajstić information content (AvgIpc) is 2.84. The van der Waals surface area contributed by atoms with E-state index in [0.717, 1.165) is 29.4 Å². The number of aromatic amines is 1. The number of carbonyl (C=O) groups is 1. The van der Waals surface area contributed by atoms with E-state index in [-0.39, 0.29) is 12.0 Å². The van der Waals surface area contributed by atoms with E-state index in [4.69, 9.17) is 10.5 Å². The second-order valence-electron chi connectivity index (χ2n) is 7.94. The monoisotopic (exact) mass is 329 g/mol. The molecule has 0 aliphatic heterocycles. The van der Waals surface area contributed by atoms with E-state index in [9.17, 15) is 4.79 Å². The zero-order chi connectivity index (χ0) is 17.6. The van der Waals surface area contributed by atoms with Gasteiger partial charge in [-0.3, -0.25) is 0 Å². The number of aromatic nitrogens is 1. The van der Waals surface area contributed by atoms with Crippen molar-refractivity contribution in [3.05, 3.63) is 35.0 Å². The Labute approximate surface area is 143 Å². The maximum Gasteiger partial charge on any atom is 0.338 e. The number of hydrogen-bond donors (Lipinski definition) is 2. The van der Waals surface area contributed by atoms with Crippen molar-refractivity contribution in [2.45, 2.75) is 51.3 Å². The van der Waals surface area contributed by atoms with Crippen LogP contribution in [0.1, 0.15) is 54.8 Å². The Morgan fingerprint density at radius 3 is 2.67 bits per heavy atom. The summed E-state index contributed by atoms with van der Waals surface area (Å²) in [5.41, 5.74) is 9.82. The Morgan fingerprint density at radius 1 is 1.33 bits per heavy atom. The molecule has 0 radical (unpaired) electrons. The lowest BCUT2D eigenvalue weighted by Gasteiger charge is -2.31. The highest BCUT2D eigenvalue weighted by atomic mass is 16.6. The standard InChI is InChI=1S/C19H27N3O2/c1-19(2,3)24-18(23)11-6-7-16-13(8-11)14-9-12(22(4)5)10-15(20)17(14)21-16/h6-8,12,15,21H,9-10,20H2,1-5H3. The van der Waals surface area contributed by atoms with Gasteiger partial charge in [0.05, 0.1) is 5.56 Å². The molecule has 3 rings (SSSR count). The van der Waals surface area contributed by atoms with Crippen molar-refractivity contribution in [1.82, 2.24) is 9.88 Å². The Morgan fingerprint density at radius 2 is 2.04 bits per heavy atom. The SMILES string of the molecule is CN(C)C1Cc2c([nH]c3ccc(C(=O)OC(C)(C)C)cc23)C(N)C1. The molecular formula is C19H27N3O2. The summed E-state index contributed by atoms with van der Waals surface area (Å²) in [7, 11) is 4.17. The third-order valence-electron chi connectivity index (χ3n) is 4.64. The molecule has 5 nitrogen and oxygen atoms in total. The molecular weight excluding hydrogens is 302 g/mol. The van der Waals surface area contributed by atoms with Crippen LogP contribution in [0.25, 0.3) is 10.9 Å². The summed E-state index contributed by atoms with van der Waals surface area (Å²) in [6.45, 7) is 5.63. The second-order valence-corrected chi connectivity index (χ2v) is 7.94. The summed E-state index contributed by atoms with van der Waals surface area (Å²) in [5.74, 6) is -0.288. The topological polar surface area (TPSA) is 71.3 Å². The molecule has 1 aromatic heterocycles. The first kappa shape index (κ1) is 17.0. The van der Waals surface area contributed by atoms with Gasteiger partial charge in [-0.2, -0.15) is 0 Å². The number of nitrogens with two attached hydrogens (primary N) is 1. The molecule has 1 aliphatic carbocycles. The third-order valence-corrected chi connectivity index (χ3v) is 4.64. The van der Waals surface area contributed by atoms with Crippen molar-refractivity contribution in [3.8, 4) is 0 Å². The van der Waals surface area contributed by atoms with Crippen LogP contribution in [0.15, 0.2) is 18.2 Å². The fourth-order valence-corrected chi connectivity index (χ4v) is 3.39. The highest BCUT2D eigenvalue weighted by Gasteiger charge is 2.29.